The van der Waals surface area contributed by atoms with Crippen molar-refractivity contribution < 1.29 is 34.8 Å². The zero-order valence-electron chi connectivity index (χ0n) is 18.6. The molecule has 0 saturated carbocycles. The number of aromatic nitrogens is 1. The van der Waals surface area contributed by atoms with E-state index in [9.17, 15) is 30.4 Å². The number of hydrogen-bond donors (Lipinski definition) is 3. The van der Waals surface area contributed by atoms with Crippen LogP contribution in [0.25, 0.3) is 0 Å². The highest BCUT2D eigenvalue weighted by Crippen LogP contribution is 2.32. The summed E-state index contributed by atoms with van der Waals surface area (Å²) in [5.74, 6) is -4.60. The van der Waals surface area contributed by atoms with Crippen LogP contribution in [-0.2, 0) is 33.2 Å². The van der Waals surface area contributed by atoms with Crippen LogP contribution < -0.4 is 14.8 Å². The fourth-order valence-corrected chi connectivity index (χ4v) is 6.96. The van der Waals surface area contributed by atoms with Gasteiger partial charge in [0.1, 0.15) is 10.6 Å². The normalized spacial score (nSPS) is 19.0. The van der Waals surface area contributed by atoms with E-state index in [1.165, 1.54) is 11.6 Å². The number of nitrogens with one attached hydrogen (secondary N) is 3. The molecule has 2 aromatic rings. The summed E-state index contributed by atoms with van der Waals surface area (Å²) in [7, 11) is -6.98. The summed E-state index contributed by atoms with van der Waals surface area (Å²) >= 11 is 0. The summed E-state index contributed by atoms with van der Waals surface area (Å²) in [6.45, 7) is 0.137. The maximum atomic E-state index is 15.6. The molecule has 0 aliphatic carbocycles. The van der Waals surface area contributed by atoms with Crippen LogP contribution in [0.2, 0.25) is 0 Å². The number of carbonyl (C=O) groups is 1. The van der Waals surface area contributed by atoms with Gasteiger partial charge in [-0.05, 0) is 37.8 Å². The van der Waals surface area contributed by atoms with E-state index in [0.29, 0.717) is 12.8 Å². The monoisotopic (exact) mass is 535 g/mol. The van der Waals surface area contributed by atoms with Crippen LogP contribution in [0, 0.1) is 17.5 Å². The molecule has 1 fully saturated rings. The van der Waals surface area contributed by atoms with Gasteiger partial charge < -0.3 is 9.88 Å². The lowest BCUT2D eigenvalue weighted by atomic mass is 10.1. The molecule has 1 aromatic heterocycles. The van der Waals surface area contributed by atoms with E-state index in [4.69, 9.17) is 0 Å². The fourth-order valence-electron chi connectivity index (χ4n) is 4.38. The lowest BCUT2D eigenvalue weighted by Crippen LogP contribution is -2.41. The number of sulfonamides is 1. The molecular formula is C20H24F3N5O5S2. The van der Waals surface area contributed by atoms with Crippen LogP contribution in [0.3, 0.4) is 0 Å². The third-order valence-electron chi connectivity index (χ3n) is 6.04. The highest BCUT2D eigenvalue weighted by atomic mass is 32.2. The van der Waals surface area contributed by atoms with Crippen molar-refractivity contribution in [3.05, 3.63) is 47.0 Å². The van der Waals surface area contributed by atoms with Gasteiger partial charge in [0.25, 0.3) is 16.1 Å². The largest absolute Gasteiger partial charge is 0.337 e. The second-order valence-corrected chi connectivity index (χ2v) is 11.8. The molecule has 0 unspecified atom stereocenters. The van der Waals surface area contributed by atoms with Gasteiger partial charge in [-0.25, -0.2) is 31.0 Å². The van der Waals surface area contributed by atoms with Gasteiger partial charge in [0.05, 0.1) is 0 Å². The minimum atomic E-state index is -4.47. The Hall–Kier alpha value is -2.46. The molecule has 0 radical (unpaired) electrons. The van der Waals surface area contributed by atoms with Crippen molar-refractivity contribution in [1.82, 2.24) is 18.3 Å². The molecule has 192 valence electrons. The highest BCUT2D eigenvalue weighted by molar-refractivity contribution is 7.89. The van der Waals surface area contributed by atoms with Crippen LogP contribution in [0.4, 0.5) is 18.9 Å². The number of amides is 1. The van der Waals surface area contributed by atoms with Gasteiger partial charge >= 0.3 is 0 Å². The molecule has 3 N–H and O–H groups in total. The summed E-state index contributed by atoms with van der Waals surface area (Å²) in [5, 5.41) is 2.28. The second kappa shape index (κ2) is 9.54. The Balaban J connectivity index is 1.64. The van der Waals surface area contributed by atoms with Crippen molar-refractivity contribution >= 4 is 31.8 Å². The van der Waals surface area contributed by atoms with E-state index in [2.05, 4.69) is 14.8 Å². The minimum absolute atomic E-state index is 0.0780. The van der Waals surface area contributed by atoms with Crippen LogP contribution in [-0.4, -0.2) is 57.8 Å². The van der Waals surface area contributed by atoms with Crippen molar-refractivity contribution in [1.29, 1.82) is 0 Å². The molecule has 15 heteroatoms. The third kappa shape index (κ3) is 4.95. The number of nitrogens with zero attached hydrogens (tertiary/aromatic N) is 2. The van der Waals surface area contributed by atoms with Crippen molar-refractivity contribution in [3.8, 4) is 0 Å². The third-order valence-corrected chi connectivity index (χ3v) is 9.17. The molecule has 0 bridgehead atoms. The SMILES string of the molecule is CNS(=O)(=O)N1CC[C@@H](NS(=O)(=O)c2c(F)c(C(=O)Nc3ccc(F)c(F)c3)n3c2CCCC3)C1. The number of hydrogen-bond acceptors (Lipinski definition) is 5. The van der Waals surface area contributed by atoms with Crippen molar-refractivity contribution in [3.63, 3.8) is 0 Å². The van der Waals surface area contributed by atoms with Gasteiger partial charge in [0.2, 0.25) is 10.0 Å². The molecule has 0 spiro atoms. The average Bonchev–Trinajstić information content (AvgIpc) is 3.38. The van der Waals surface area contributed by atoms with E-state index < -0.39 is 60.2 Å². The zero-order chi connectivity index (χ0) is 25.5. The summed E-state index contributed by atoms with van der Waals surface area (Å²) in [6.07, 6.45) is 1.55. The van der Waals surface area contributed by atoms with Crippen LogP contribution in [0.1, 0.15) is 35.4 Å². The highest BCUT2D eigenvalue weighted by Gasteiger charge is 2.39. The van der Waals surface area contributed by atoms with Gasteiger partial charge in [0.15, 0.2) is 17.5 Å². The van der Waals surface area contributed by atoms with E-state index in [0.717, 1.165) is 22.5 Å². The van der Waals surface area contributed by atoms with Gasteiger partial charge in [0, 0.05) is 50.2 Å². The van der Waals surface area contributed by atoms with Crippen molar-refractivity contribution in [2.75, 3.05) is 25.5 Å². The Morgan fingerprint density at radius 3 is 2.49 bits per heavy atom. The van der Waals surface area contributed by atoms with Gasteiger partial charge in [-0.2, -0.15) is 12.7 Å². The van der Waals surface area contributed by atoms with E-state index in [1.807, 2.05) is 0 Å². The maximum absolute atomic E-state index is 15.6. The van der Waals surface area contributed by atoms with Crippen LogP contribution in [0.15, 0.2) is 23.1 Å². The molecule has 2 aliphatic heterocycles. The van der Waals surface area contributed by atoms with Gasteiger partial charge in [-0.1, -0.05) is 0 Å². The topological polar surface area (TPSA) is 130 Å². The smallest absolute Gasteiger partial charge is 0.279 e. The summed E-state index contributed by atoms with van der Waals surface area (Å²) < 4.78 is 99.6. The number of rotatable bonds is 7. The predicted molar refractivity (Wildman–Crippen MR) is 120 cm³/mol. The first-order valence-corrected chi connectivity index (χ1v) is 13.7. The fraction of sp³-hybridized carbons (Fsp3) is 0.450. The first-order chi connectivity index (χ1) is 16.4. The van der Waals surface area contributed by atoms with Crippen LogP contribution >= 0.6 is 0 Å². The first-order valence-electron chi connectivity index (χ1n) is 10.8. The Labute approximate surface area is 200 Å². The Morgan fingerprint density at radius 2 is 1.80 bits per heavy atom. The molecule has 1 atom stereocenters. The van der Waals surface area contributed by atoms with Crippen LogP contribution in [0.5, 0.6) is 0 Å². The molecule has 3 heterocycles. The lowest BCUT2D eigenvalue weighted by molar-refractivity contribution is 0.101. The standard InChI is InChI=1S/C20H24F3N5O5S2/c1-24-35(32,33)27-9-7-13(11-27)26-34(30,31)19-16-4-2-3-8-28(16)18(17(19)23)20(29)25-12-5-6-14(21)15(22)10-12/h5-6,10,13,24,26H,2-4,7-9,11H2,1H3,(H,25,29)/t13-/m1/s1. The van der Waals surface area contributed by atoms with Crippen molar-refractivity contribution in [2.24, 2.45) is 0 Å². The number of halogens is 3. The van der Waals surface area contributed by atoms with Crippen molar-refractivity contribution in [2.45, 2.75) is 43.2 Å². The molecule has 2 aliphatic rings. The Bertz CT molecular complexity index is 1380. The van der Waals surface area contributed by atoms with Gasteiger partial charge in [-0.3, -0.25) is 4.79 Å². The molecule has 1 amide bonds. The number of fused-ring (bicyclic) bond motifs is 1. The second-order valence-electron chi connectivity index (χ2n) is 8.30. The van der Waals surface area contributed by atoms with E-state index in [1.54, 1.807) is 0 Å². The predicted octanol–water partition coefficient (Wildman–Crippen LogP) is 1.31. The zero-order valence-corrected chi connectivity index (χ0v) is 20.3. The molecule has 1 aromatic carbocycles. The number of carbonyl (C=O) groups excluding carboxylic acids is 1. The molecule has 4 rings (SSSR count). The lowest BCUT2D eigenvalue weighted by Gasteiger charge is -2.19. The molecule has 10 nitrogen and oxygen atoms in total. The van der Waals surface area contributed by atoms with Gasteiger partial charge in [-0.15, -0.1) is 0 Å². The first kappa shape index (κ1) is 25.6. The average molecular weight is 536 g/mol. The van der Waals surface area contributed by atoms with E-state index >= 15 is 4.39 Å². The molecule has 35 heavy (non-hydrogen) atoms. The summed E-state index contributed by atoms with van der Waals surface area (Å²) in [5.41, 5.74) is -0.538. The maximum Gasteiger partial charge on any atom is 0.279 e. The van der Waals surface area contributed by atoms with E-state index in [-0.39, 0.29) is 43.9 Å². The number of benzene rings is 1. The molecule has 1 saturated heterocycles. The molecular weight excluding hydrogens is 511 g/mol. The minimum Gasteiger partial charge on any atom is -0.337 e. The quantitative estimate of drug-likeness (QED) is 0.493. The number of anilines is 1. The Morgan fingerprint density at radius 1 is 1.06 bits per heavy atom. The Kier molecular flexibility index (Phi) is 6.98. The summed E-state index contributed by atoms with van der Waals surface area (Å²) in [6, 6.07) is 1.84. The summed E-state index contributed by atoms with van der Waals surface area (Å²) in [4.78, 5) is 12.2.